The fraction of sp³-hybridized carbons (Fsp3) is 0.200. The van der Waals surface area contributed by atoms with E-state index in [4.69, 9.17) is 4.74 Å². The third-order valence-electron chi connectivity index (χ3n) is 5.07. The van der Waals surface area contributed by atoms with Crippen LogP contribution >= 0.6 is 0 Å². The van der Waals surface area contributed by atoms with Crippen molar-refractivity contribution in [1.82, 2.24) is 4.90 Å². The number of amides is 2. The molecule has 0 heterocycles. The minimum Gasteiger partial charge on any atom is -0.483 e. The molecule has 3 aromatic carbocycles. The molecule has 5 nitrogen and oxygen atoms in total. The summed E-state index contributed by atoms with van der Waals surface area (Å²) in [6.45, 7) is 0.188. The second-order valence-corrected chi connectivity index (χ2v) is 7.46. The molecule has 0 bridgehead atoms. The van der Waals surface area contributed by atoms with Crippen molar-refractivity contribution in [3.8, 4) is 5.75 Å². The number of nitrogens with one attached hydrogen (secondary N) is 1. The summed E-state index contributed by atoms with van der Waals surface area (Å²) in [5, 5.41) is 2.48. The Morgan fingerprint density at radius 3 is 2.35 bits per heavy atom. The van der Waals surface area contributed by atoms with Gasteiger partial charge in [0, 0.05) is 12.6 Å². The quantitative estimate of drug-likeness (QED) is 0.579. The van der Waals surface area contributed by atoms with Crippen molar-refractivity contribution >= 4 is 17.5 Å². The third kappa shape index (κ3) is 5.28. The minimum absolute atomic E-state index is 0.0863. The van der Waals surface area contributed by atoms with Crippen LogP contribution in [-0.2, 0) is 11.3 Å². The molecule has 0 aliphatic heterocycles. The predicted molar refractivity (Wildman–Crippen MR) is 116 cm³/mol. The largest absolute Gasteiger partial charge is 0.483 e. The summed E-state index contributed by atoms with van der Waals surface area (Å²) < 4.78 is 19.4. The first-order chi connectivity index (χ1) is 15.1. The Kier molecular flexibility index (Phi) is 6.26. The number of benzene rings is 3. The SMILES string of the molecule is O=C(COc1ccccc1C(=O)N(Cc1ccccc1)C1CC1)Nc1ccccc1F. The molecular formula is C25H23FN2O3. The van der Waals surface area contributed by atoms with E-state index in [2.05, 4.69) is 5.32 Å². The van der Waals surface area contributed by atoms with Crippen molar-refractivity contribution in [2.24, 2.45) is 0 Å². The van der Waals surface area contributed by atoms with Crippen molar-refractivity contribution in [3.63, 3.8) is 0 Å². The molecule has 4 rings (SSSR count). The number of hydrogen-bond donors (Lipinski definition) is 1. The molecule has 1 aliphatic rings. The van der Waals surface area contributed by atoms with Crippen LogP contribution in [0.3, 0.4) is 0 Å². The lowest BCUT2D eigenvalue weighted by Gasteiger charge is -2.24. The number of halogens is 1. The number of para-hydroxylation sites is 2. The van der Waals surface area contributed by atoms with Gasteiger partial charge in [-0.3, -0.25) is 9.59 Å². The zero-order valence-corrected chi connectivity index (χ0v) is 17.0. The van der Waals surface area contributed by atoms with E-state index in [1.54, 1.807) is 36.4 Å². The molecular weight excluding hydrogens is 395 g/mol. The number of ether oxygens (including phenoxy) is 1. The van der Waals surface area contributed by atoms with Crippen LogP contribution in [0.4, 0.5) is 10.1 Å². The predicted octanol–water partition coefficient (Wildman–Crippen LogP) is 4.65. The lowest BCUT2D eigenvalue weighted by Crippen LogP contribution is -2.33. The van der Waals surface area contributed by atoms with Gasteiger partial charge in [0.25, 0.3) is 11.8 Å². The van der Waals surface area contributed by atoms with Crippen molar-refractivity contribution in [3.05, 3.63) is 95.8 Å². The summed E-state index contributed by atoms with van der Waals surface area (Å²) in [6, 6.07) is 22.9. The van der Waals surface area contributed by atoms with Gasteiger partial charge >= 0.3 is 0 Å². The molecule has 0 aromatic heterocycles. The van der Waals surface area contributed by atoms with Gasteiger partial charge in [0.05, 0.1) is 11.3 Å². The maximum Gasteiger partial charge on any atom is 0.262 e. The van der Waals surface area contributed by atoms with Crippen LogP contribution in [0.5, 0.6) is 5.75 Å². The van der Waals surface area contributed by atoms with Crippen LogP contribution in [0.1, 0.15) is 28.8 Å². The van der Waals surface area contributed by atoms with Gasteiger partial charge in [-0.25, -0.2) is 4.39 Å². The summed E-state index contributed by atoms with van der Waals surface area (Å²) in [7, 11) is 0. The Bertz CT molecular complexity index is 1070. The molecule has 31 heavy (non-hydrogen) atoms. The van der Waals surface area contributed by atoms with E-state index < -0.39 is 11.7 Å². The zero-order valence-electron chi connectivity index (χ0n) is 17.0. The summed E-state index contributed by atoms with van der Waals surface area (Å²) in [6.07, 6.45) is 1.96. The van der Waals surface area contributed by atoms with Gasteiger partial charge in [0.1, 0.15) is 11.6 Å². The molecule has 0 saturated heterocycles. The second-order valence-electron chi connectivity index (χ2n) is 7.46. The number of anilines is 1. The minimum atomic E-state index is -0.521. The fourth-order valence-corrected chi connectivity index (χ4v) is 3.35. The molecule has 3 aromatic rings. The highest BCUT2D eigenvalue weighted by atomic mass is 19.1. The average molecular weight is 418 g/mol. The maximum atomic E-state index is 13.7. The van der Waals surface area contributed by atoms with E-state index in [-0.39, 0.29) is 24.2 Å². The van der Waals surface area contributed by atoms with Crippen LogP contribution in [0.2, 0.25) is 0 Å². The molecule has 1 N–H and O–H groups in total. The Hall–Kier alpha value is -3.67. The Balaban J connectivity index is 1.45. The molecule has 158 valence electrons. The van der Waals surface area contributed by atoms with Crippen LogP contribution in [0, 0.1) is 5.82 Å². The lowest BCUT2D eigenvalue weighted by molar-refractivity contribution is -0.118. The van der Waals surface area contributed by atoms with Crippen LogP contribution in [-0.4, -0.2) is 29.4 Å². The summed E-state index contributed by atoms with van der Waals surface area (Å²) in [5.41, 5.74) is 1.55. The van der Waals surface area contributed by atoms with E-state index >= 15 is 0 Å². The topological polar surface area (TPSA) is 58.6 Å². The molecule has 0 unspecified atom stereocenters. The van der Waals surface area contributed by atoms with Crippen molar-refractivity contribution in [2.45, 2.75) is 25.4 Å². The standard InChI is InChI=1S/C25H23FN2O3/c26-21-11-5-6-12-22(21)27-24(29)17-31-23-13-7-4-10-20(23)25(30)28(19-14-15-19)16-18-8-2-1-3-9-18/h1-13,19H,14-17H2,(H,27,29). The number of rotatable bonds is 8. The summed E-state index contributed by atoms with van der Waals surface area (Å²) in [4.78, 5) is 27.4. The summed E-state index contributed by atoms with van der Waals surface area (Å²) >= 11 is 0. The molecule has 1 saturated carbocycles. The van der Waals surface area contributed by atoms with Gasteiger partial charge in [-0.05, 0) is 42.7 Å². The second kappa shape index (κ2) is 9.43. The number of nitrogens with zero attached hydrogens (tertiary/aromatic N) is 1. The van der Waals surface area contributed by atoms with E-state index in [9.17, 15) is 14.0 Å². The first kappa shape index (κ1) is 20.6. The Morgan fingerprint density at radius 1 is 0.935 bits per heavy atom. The van der Waals surface area contributed by atoms with Gasteiger partial charge in [-0.15, -0.1) is 0 Å². The van der Waals surface area contributed by atoms with E-state index in [0.717, 1.165) is 18.4 Å². The van der Waals surface area contributed by atoms with Gasteiger partial charge in [0.15, 0.2) is 6.61 Å². The van der Waals surface area contributed by atoms with Crippen LogP contribution in [0.25, 0.3) is 0 Å². The summed E-state index contributed by atoms with van der Waals surface area (Å²) in [5.74, 6) is -0.825. The van der Waals surface area contributed by atoms with Crippen molar-refractivity contribution < 1.29 is 18.7 Å². The average Bonchev–Trinajstić information content (AvgIpc) is 3.63. The molecule has 6 heteroatoms. The Morgan fingerprint density at radius 2 is 1.61 bits per heavy atom. The van der Waals surface area contributed by atoms with Crippen molar-refractivity contribution in [1.29, 1.82) is 0 Å². The van der Waals surface area contributed by atoms with Gasteiger partial charge in [-0.1, -0.05) is 54.6 Å². The fourth-order valence-electron chi connectivity index (χ4n) is 3.35. The highest BCUT2D eigenvalue weighted by Crippen LogP contribution is 2.31. The lowest BCUT2D eigenvalue weighted by atomic mass is 10.1. The highest BCUT2D eigenvalue weighted by molar-refractivity contribution is 5.97. The zero-order chi connectivity index (χ0) is 21.6. The van der Waals surface area contributed by atoms with Crippen molar-refractivity contribution in [2.75, 3.05) is 11.9 Å². The first-order valence-electron chi connectivity index (χ1n) is 10.2. The first-order valence-corrected chi connectivity index (χ1v) is 10.2. The molecule has 0 spiro atoms. The highest BCUT2D eigenvalue weighted by Gasteiger charge is 2.34. The molecule has 1 aliphatic carbocycles. The van der Waals surface area contributed by atoms with Crippen LogP contribution in [0.15, 0.2) is 78.9 Å². The van der Waals surface area contributed by atoms with E-state index in [1.807, 2.05) is 35.2 Å². The molecule has 0 atom stereocenters. The van der Waals surface area contributed by atoms with Gasteiger partial charge in [-0.2, -0.15) is 0 Å². The van der Waals surface area contributed by atoms with Gasteiger partial charge < -0.3 is 15.0 Å². The van der Waals surface area contributed by atoms with E-state index in [0.29, 0.717) is 17.9 Å². The third-order valence-corrected chi connectivity index (χ3v) is 5.07. The van der Waals surface area contributed by atoms with E-state index in [1.165, 1.54) is 12.1 Å². The Labute approximate surface area is 180 Å². The normalized spacial score (nSPS) is 12.8. The van der Waals surface area contributed by atoms with Gasteiger partial charge in [0.2, 0.25) is 0 Å². The number of carbonyl (C=O) groups is 2. The molecule has 1 fully saturated rings. The maximum absolute atomic E-state index is 13.7. The monoisotopic (exact) mass is 418 g/mol. The van der Waals surface area contributed by atoms with Crippen LogP contribution < -0.4 is 10.1 Å². The molecule has 0 radical (unpaired) electrons. The number of carbonyl (C=O) groups excluding carboxylic acids is 2. The molecule has 2 amide bonds. The smallest absolute Gasteiger partial charge is 0.262 e. The number of hydrogen-bond acceptors (Lipinski definition) is 3.